The molecule has 4 N–H and O–H groups in total. The number of aliphatic hydroxyl groups excluding tert-OH is 3. The Bertz CT molecular complexity index is 1000. The molecule has 1 aliphatic carbocycles. The van der Waals surface area contributed by atoms with E-state index in [0.29, 0.717) is 10.4 Å². The summed E-state index contributed by atoms with van der Waals surface area (Å²) in [6.07, 6.45) is -2.58. The standard InChI is InChI=1S/C24H25NO5S/c26-13-22-19(10-12-31-22)23(28)21(27)9-11-25-24(29)30-14-20-17-7-3-1-5-15(17)16-6-2-4-8-18(16)20/h1-8,10,12,20-21,23,26-28H,9,11,13-14H2,(H,25,29). The number of aliphatic hydroxyl groups is 3. The molecule has 31 heavy (non-hydrogen) atoms. The van der Waals surface area contributed by atoms with Crippen molar-refractivity contribution in [1.82, 2.24) is 5.32 Å². The second kappa shape index (κ2) is 9.62. The molecule has 1 amide bonds. The second-order valence-corrected chi connectivity index (χ2v) is 8.51. The Morgan fingerprint density at radius 2 is 1.68 bits per heavy atom. The van der Waals surface area contributed by atoms with Gasteiger partial charge in [0.15, 0.2) is 0 Å². The molecule has 0 radical (unpaired) electrons. The highest BCUT2D eigenvalue weighted by Crippen LogP contribution is 2.44. The summed E-state index contributed by atoms with van der Waals surface area (Å²) in [7, 11) is 0. The molecule has 0 saturated carbocycles. The topological polar surface area (TPSA) is 99.0 Å². The van der Waals surface area contributed by atoms with Gasteiger partial charge in [-0.25, -0.2) is 4.79 Å². The van der Waals surface area contributed by atoms with Crippen LogP contribution in [0.15, 0.2) is 60.0 Å². The maximum Gasteiger partial charge on any atom is 0.407 e. The fourth-order valence-electron chi connectivity index (χ4n) is 4.08. The summed E-state index contributed by atoms with van der Waals surface area (Å²) in [5, 5.41) is 34.2. The largest absolute Gasteiger partial charge is 0.449 e. The number of carbonyl (C=O) groups is 1. The Kier molecular flexibility index (Phi) is 6.67. The molecular weight excluding hydrogens is 414 g/mol. The lowest BCUT2D eigenvalue weighted by molar-refractivity contribution is 0.0129. The summed E-state index contributed by atoms with van der Waals surface area (Å²) < 4.78 is 5.47. The average Bonchev–Trinajstić information content (AvgIpc) is 3.40. The minimum Gasteiger partial charge on any atom is -0.449 e. The third-order valence-corrected chi connectivity index (χ3v) is 6.58. The first-order valence-corrected chi connectivity index (χ1v) is 11.1. The van der Waals surface area contributed by atoms with Gasteiger partial charge < -0.3 is 25.4 Å². The number of nitrogens with one attached hydrogen (secondary N) is 1. The number of benzene rings is 2. The molecule has 4 rings (SSSR count). The van der Waals surface area contributed by atoms with E-state index in [4.69, 9.17) is 4.74 Å². The highest BCUT2D eigenvalue weighted by molar-refractivity contribution is 7.10. The summed E-state index contributed by atoms with van der Waals surface area (Å²) in [6, 6.07) is 17.9. The predicted molar refractivity (Wildman–Crippen MR) is 119 cm³/mol. The summed E-state index contributed by atoms with van der Waals surface area (Å²) >= 11 is 1.32. The second-order valence-electron chi connectivity index (χ2n) is 7.51. The summed E-state index contributed by atoms with van der Waals surface area (Å²) in [5.74, 6) is -0.0129. The van der Waals surface area contributed by atoms with Crippen molar-refractivity contribution in [2.24, 2.45) is 0 Å². The van der Waals surface area contributed by atoms with Gasteiger partial charge in [-0.2, -0.15) is 0 Å². The molecule has 1 aromatic heterocycles. The zero-order chi connectivity index (χ0) is 21.8. The molecule has 6 nitrogen and oxygen atoms in total. The van der Waals surface area contributed by atoms with E-state index in [1.807, 2.05) is 24.3 Å². The van der Waals surface area contributed by atoms with E-state index in [0.717, 1.165) is 11.1 Å². The Hall–Kier alpha value is -2.71. The molecule has 1 heterocycles. The van der Waals surface area contributed by atoms with Crippen LogP contribution in [0.25, 0.3) is 11.1 Å². The van der Waals surface area contributed by atoms with Gasteiger partial charge in [-0.3, -0.25) is 0 Å². The van der Waals surface area contributed by atoms with Crippen LogP contribution in [-0.4, -0.2) is 40.7 Å². The van der Waals surface area contributed by atoms with E-state index in [1.165, 1.54) is 22.5 Å². The van der Waals surface area contributed by atoms with Gasteiger partial charge in [-0.15, -0.1) is 11.3 Å². The Labute approximate surface area is 184 Å². The van der Waals surface area contributed by atoms with Gasteiger partial charge in [0.2, 0.25) is 0 Å². The van der Waals surface area contributed by atoms with Crippen LogP contribution < -0.4 is 5.32 Å². The first-order chi connectivity index (χ1) is 15.1. The van der Waals surface area contributed by atoms with E-state index in [1.54, 1.807) is 11.4 Å². The van der Waals surface area contributed by atoms with Gasteiger partial charge in [0.1, 0.15) is 12.7 Å². The zero-order valence-corrected chi connectivity index (χ0v) is 17.7. The van der Waals surface area contributed by atoms with E-state index in [-0.39, 0.29) is 32.1 Å². The van der Waals surface area contributed by atoms with E-state index >= 15 is 0 Å². The monoisotopic (exact) mass is 439 g/mol. The lowest BCUT2D eigenvalue weighted by atomic mass is 9.98. The molecule has 1 aliphatic rings. The third-order valence-electron chi connectivity index (χ3n) is 5.66. The van der Waals surface area contributed by atoms with Gasteiger partial charge in [0.05, 0.1) is 12.7 Å². The number of amides is 1. The molecule has 7 heteroatoms. The molecule has 0 aliphatic heterocycles. The van der Waals surface area contributed by atoms with E-state index in [9.17, 15) is 20.1 Å². The normalized spacial score (nSPS) is 14.5. The molecule has 2 unspecified atom stereocenters. The molecule has 0 saturated heterocycles. The van der Waals surface area contributed by atoms with Crippen molar-refractivity contribution in [1.29, 1.82) is 0 Å². The maximum atomic E-state index is 12.2. The minimum atomic E-state index is -1.11. The lowest BCUT2D eigenvalue weighted by Gasteiger charge is -2.19. The van der Waals surface area contributed by atoms with Crippen molar-refractivity contribution in [2.45, 2.75) is 31.2 Å². The molecule has 0 bridgehead atoms. The first kappa shape index (κ1) is 21.5. The number of rotatable bonds is 8. The van der Waals surface area contributed by atoms with Gasteiger partial charge in [-0.05, 0) is 45.7 Å². The fraction of sp³-hybridized carbons (Fsp3) is 0.292. The van der Waals surface area contributed by atoms with Crippen LogP contribution in [-0.2, 0) is 11.3 Å². The number of hydrogen-bond acceptors (Lipinski definition) is 6. The van der Waals surface area contributed by atoms with Crippen LogP contribution in [0.3, 0.4) is 0 Å². The van der Waals surface area contributed by atoms with Crippen LogP contribution >= 0.6 is 11.3 Å². The zero-order valence-electron chi connectivity index (χ0n) is 16.9. The van der Waals surface area contributed by atoms with Crippen LogP contribution in [0, 0.1) is 0 Å². The number of alkyl carbamates (subject to hydrolysis) is 1. The summed E-state index contributed by atoms with van der Waals surface area (Å²) in [5.41, 5.74) is 5.14. The SMILES string of the molecule is O=C(NCCC(O)C(O)c1ccsc1CO)OCC1c2ccccc2-c2ccccc21. The Balaban J connectivity index is 1.28. The molecule has 0 fully saturated rings. The molecule has 162 valence electrons. The predicted octanol–water partition coefficient (Wildman–Crippen LogP) is 3.56. The molecule has 0 spiro atoms. The first-order valence-electron chi connectivity index (χ1n) is 10.2. The van der Waals surface area contributed by atoms with Gasteiger partial charge >= 0.3 is 6.09 Å². The highest BCUT2D eigenvalue weighted by atomic mass is 32.1. The molecule has 3 aromatic rings. The van der Waals surface area contributed by atoms with Crippen LogP contribution in [0.1, 0.15) is 40.0 Å². The number of ether oxygens (including phenoxy) is 1. The number of carbonyl (C=O) groups excluding carboxylic acids is 1. The van der Waals surface area contributed by atoms with Gasteiger partial charge in [0, 0.05) is 17.3 Å². The van der Waals surface area contributed by atoms with Crippen molar-refractivity contribution in [3.8, 4) is 11.1 Å². The van der Waals surface area contributed by atoms with Crippen molar-refractivity contribution in [3.63, 3.8) is 0 Å². The third kappa shape index (κ3) is 4.50. The number of thiophene rings is 1. The fourth-order valence-corrected chi connectivity index (χ4v) is 4.86. The van der Waals surface area contributed by atoms with Crippen molar-refractivity contribution in [2.75, 3.05) is 13.2 Å². The van der Waals surface area contributed by atoms with Crippen molar-refractivity contribution >= 4 is 17.4 Å². The Morgan fingerprint density at radius 1 is 1.03 bits per heavy atom. The van der Waals surface area contributed by atoms with E-state index in [2.05, 4.69) is 29.6 Å². The van der Waals surface area contributed by atoms with Crippen LogP contribution in [0.4, 0.5) is 4.79 Å². The van der Waals surface area contributed by atoms with E-state index < -0.39 is 18.3 Å². The quantitative estimate of drug-likeness (QED) is 0.430. The van der Waals surface area contributed by atoms with Crippen LogP contribution in [0.2, 0.25) is 0 Å². The lowest BCUT2D eigenvalue weighted by Crippen LogP contribution is -2.30. The average molecular weight is 440 g/mol. The minimum absolute atomic E-state index is 0.0129. The number of fused-ring (bicyclic) bond motifs is 3. The summed E-state index contributed by atoms with van der Waals surface area (Å²) in [4.78, 5) is 12.8. The Morgan fingerprint density at radius 3 is 2.32 bits per heavy atom. The smallest absolute Gasteiger partial charge is 0.407 e. The highest BCUT2D eigenvalue weighted by Gasteiger charge is 2.29. The maximum absolute atomic E-state index is 12.2. The van der Waals surface area contributed by atoms with Crippen molar-refractivity contribution < 1.29 is 24.9 Å². The molecule has 2 aromatic carbocycles. The van der Waals surface area contributed by atoms with Crippen LogP contribution in [0.5, 0.6) is 0 Å². The molecule has 2 atom stereocenters. The molecular formula is C24H25NO5S. The van der Waals surface area contributed by atoms with Gasteiger partial charge in [-0.1, -0.05) is 48.5 Å². The summed E-state index contributed by atoms with van der Waals surface area (Å²) in [6.45, 7) is 0.197. The number of hydrogen-bond donors (Lipinski definition) is 4. The van der Waals surface area contributed by atoms with Gasteiger partial charge in [0.25, 0.3) is 0 Å². The van der Waals surface area contributed by atoms with Crippen molar-refractivity contribution in [3.05, 3.63) is 81.5 Å².